The van der Waals surface area contributed by atoms with Gasteiger partial charge in [-0.25, -0.2) is 4.98 Å². The summed E-state index contributed by atoms with van der Waals surface area (Å²) in [6, 6.07) is 3.91. The number of nitrogens with zero attached hydrogens (tertiary/aromatic N) is 1. The highest BCUT2D eigenvalue weighted by Crippen LogP contribution is 2.20. The van der Waals surface area contributed by atoms with Crippen LogP contribution in [-0.4, -0.2) is 4.98 Å². The molecule has 0 N–H and O–H groups in total. The number of hydrogen-bond donors (Lipinski definition) is 0. The highest BCUT2D eigenvalue weighted by molar-refractivity contribution is 5.28. The van der Waals surface area contributed by atoms with Gasteiger partial charge in [-0.3, -0.25) is 0 Å². The van der Waals surface area contributed by atoms with E-state index in [1.54, 1.807) is 0 Å². The predicted octanol–water partition coefficient (Wildman–Crippen LogP) is 2.36. The average Bonchev–Trinajstić information content (AvgIpc) is 2.03. The summed E-state index contributed by atoms with van der Waals surface area (Å²) >= 11 is 0. The van der Waals surface area contributed by atoms with E-state index in [4.69, 9.17) is 6.42 Å². The topological polar surface area (TPSA) is 12.9 Å². The average molecular weight is 159 g/mol. The van der Waals surface area contributed by atoms with E-state index in [1.807, 2.05) is 18.3 Å². The van der Waals surface area contributed by atoms with Gasteiger partial charge in [0.2, 0.25) is 0 Å². The minimum atomic E-state index is 0.153. The number of pyridine rings is 1. The second-order valence-corrected chi connectivity index (χ2v) is 3.83. The van der Waals surface area contributed by atoms with Crippen molar-refractivity contribution in [3.05, 3.63) is 29.6 Å². The Kier molecular flexibility index (Phi) is 2.19. The van der Waals surface area contributed by atoms with Crippen molar-refractivity contribution in [3.8, 4) is 12.3 Å². The fraction of sp³-hybridized carbons (Fsp3) is 0.364. The molecule has 0 spiro atoms. The van der Waals surface area contributed by atoms with Crippen LogP contribution in [0, 0.1) is 12.3 Å². The molecule has 62 valence electrons. The molecule has 0 saturated carbocycles. The van der Waals surface area contributed by atoms with Crippen molar-refractivity contribution in [1.29, 1.82) is 0 Å². The minimum Gasteiger partial charge on any atom is -0.248 e. The van der Waals surface area contributed by atoms with E-state index in [-0.39, 0.29) is 5.41 Å². The van der Waals surface area contributed by atoms with Crippen LogP contribution in [0.1, 0.15) is 32.0 Å². The molecule has 1 heteroatoms. The van der Waals surface area contributed by atoms with Crippen LogP contribution in [0.25, 0.3) is 0 Å². The molecule has 1 aromatic rings. The van der Waals surface area contributed by atoms with Crippen LogP contribution >= 0.6 is 0 Å². The van der Waals surface area contributed by atoms with Crippen LogP contribution in [0.5, 0.6) is 0 Å². The molecule has 0 saturated heterocycles. The Morgan fingerprint density at radius 3 is 2.33 bits per heavy atom. The second-order valence-electron chi connectivity index (χ2n) is 3.83. The molecule has 0 fully saturated rings. The van der Waals surface area contributed by atoms with E-state index < -0.39 is 0 Å². The molecule has 0 aliphatic rings. The van der Waals surface area contributed by atoms with Crippen molar-refractivity contribution in [3.63, 3.8) is 0 Å². The van der Waals surface area contributed by atoms with Gasteiger partial charge in [-0.15, -0.1) is 6.42 Å². The predicted molar refractivity (Wildman–Crippen MR) is 50.9 cm³/mol. The first-order valence-corrected chi connectivity index (χ1v) is 3.97. The first-order valence-electron chi connectivity index (χ1n) is 3.97. The van der Waals surface area contributed by atoms with Gasteiger partial charge in [0.25, 0.3) is 0 Å². The maximum atomic E-state index is 5.20. The zero-order valence-electron chi connectivity index (χ0n) is 7.76. The maximum Gasteiger partial charge on any atom is 0.112 e. The largest absolute Gasteiger partial charge is 0.248 e. The van der Waals surface area contributed by atoms with E-state index in [0.29, 0.717) is 5.69 Å². The van der Waals surface area contributed by atoms with Gasteiger partial charge in [-0.05, 0) is 17.0 Å². The van der Waals surface area contributed by atoms with Crippen LogP contribution < -0.4 is 0 Å². The lowest BCUT2D eigenvalue weighted by Gasteiger charge is -2.17. The first kappa shape index (κ1) is 8.80. The van der Waals surface area contributed by atoms with Crippen molar-refractivity contribution < 1.29 is 0 Å². The van der Waals surface area contributed by atoms with Gasteiger partial charge in [-0.1, -0.05) is 32.8 Å². The van der Waals surface area contributed by atoms with Crippen molar-refractivity contribution in [2.24, 2.45) is 0 Å². The Morgan fingerprint density at radius 2 is 2.00 bits per heavy atom. The maximum absolute atomic E-state index is 5.20. The molecular formula is C11H13N. The molecular weight excluding hydrogens is 146 g/mol. The van der Waals surface area contributed by atoms with Crippen LogP contribution in [0.3, 0.4) is 0 Å². The van der Waals surface area contributed by atoms with Gasteiger partial charge in [0.05, 0.1) is 0 Å². The Morgan fingerprint density at radius 1 is 1.33 bits per heavy atom. The highest BCUT2D eigenvalue weighted by Gasteiger charge is 2.12. The van der Waals surface area contributed by atoms with Crippen molar-refractivity contribution in [2.45, 2.75) is 26.2 Å². The SMILES string of the molecule is C#Cc1ccc(C(C)(C)C)cn1. The van der Waals surface area contributed by atoms with Gasteiger partial charge in [-0.2, -0.15) is 0 Å². The third-order valence-electron chi connectivity index (χ3n) is 1.78. The Bertz CT molecular complexity index is 295. The summed E-state index contributed by atoms with van der Waals surface area (Å²) in [6.07, 6.45) is 7.04. The molecule has 1 heterocycles. The van der Waals surface area contributed by atoms with Gasteiger partial charge in [0.1, 0.15) is 5.69 Å². The molecule has 0 bridgehead atoms. The molecule has 12 heavy (non-hydrogen) atoms. The van der Waals surface area contributed by atoms with Crippen LogP contribution in [0.2, 0.25) is 0 Å². The molecule has 0 amide bonds. The monoisotopic (exact) mass is 159 g/mol. The molecule has 0 aliphatic heterocycles. The summed E-state index contributed by atoms with van der Waals surface area (Å²) in [5, 5.41) is 0. The Labute approximate surface area is 73.8 Å². The second kappa shape index (κ2) is 2.98. The number of aromatic nitrogens is 1. The quantitative estimate of drug-likeness (QED) is 0.529. The van der Waals surface area contributed by atoms with E-state index in [2.05, 4.69) is 31.7 Å². The van der Waals surface area contributed by atoms with Gasteiger partial charge >= 0.3 is 0 Å². The van der Waals surface area contributed by atoms with Gasteiger partial charge < -0.3 is 0 Å². The first-order chi connectivity index (χ1) is 5.54. The van der Waals surface area contributed by atoms with Crippen molar-refractivity contribution >= 4 is 0 Å². The van der Waals surface area contributed by atoms with Crippen molar-refractivity contribution in [2.75, 3.05) is 0 Å². The fourth-order valence-electron chi connectivity index (χ4n) is 0.923. The summed E-state index contributed by atoms with van der Waals surface area (Å²) in [5.41, 5.74) is 2.06. The van der Waals surface area contributed by atoms with Gasteiger partial charge in [0.15, 0.2) is 0 Å². The van der Waals surface area contributed by atoms with Crippen LogP contribution in [-0.2, 0) is 5.41 Å². The van der Waals surface area contributed by atoms with Crippen LogP contribution in [0.4, 0.5) is 0 Å². The summed E-state index contributed by atoms with van der Waals surface area (Å²) in [4.78, 5) is 4.13. The smallest absolute Gasteiger partial charge is 0.112 e. The zero-order valence-corrected chi connectivity index (χ0v) is 7.76. The third-order valence-corrected chi connectivity index (χ3v) is 1.78. The van der Waals surface area contributed by atoms with E-state index in [1.165, 1.54) is 5.56 Å². The molecule has 0 aromatic carbocycles. The summed E-state index contributed by atoms with van der Waals surface area (Å²) in [7, 11) is 0. The standard InChI is InChI=1S/C11H13N/c1-5-10-7-6-9(8-12-10)11(2,3)4/h1,6-8H,2-4H3. The normalized spacial score (nSPS) is 10.8. The molecule has 0 unspecified atom stereocenters. The minimum absolute atomic E-state index is 0.153. The third kappa shape index (κ3) is 1.85. The molecule has 0 radical (unpaired) electrons. The zero-order chi connectivity index (χ0) is 9.19. The summed E-state index contributed by atoms with van der Waals surface area (Å²) in [5.74, 6) is 2.49. The molecule has 1 rings (SSSR count). The van der Waals surface area contributed by atoms with E-state index in [9.17, 15) is 0 Å². The van der Waals surface area contributed by atoms with E-state index in [0.717, 1.165) is 0 Å². The number of terminal acetylenes is 1. The molecule has 0 aliphatic carbocycles. The lowest BCUT2D eigenvalue weighted by atomic mass is 9.88. The fourth-order valence-corrected chi connectivity index (χ4v) is 0.923. The van der Waals surface area contributed by atoms with Crippen LogP contribution in [0.15, 0.2) is 18.3 Å². The van der Waals surface area contributed by atoms with Gasteiger partial charge in [0, 0.05) is 6.20 Å². The molecule has 1 nitrogen and oxygen atoms in total. The summed E-state index contributed by atoms with van der Waals surface area (Å²) in [6.45, 7) is 6.46. The lowest BCUT2D eigenvalue weighted by molar-refractivity contribution is 0.587. The summed E-state index contributed by atoms with van der Waals surface area (Å²) < 4.78 is 0. The van der Waals surface area contributed by atoms with E-state index >= 15 is 0 Å². The molecule has 1 aromatic heterocycles. The highest BCUT2D eigenvalue weighted by atomic mass is 14.7. The number of rotatable bonds is 0. The van der Waals surface area contributed by atoms with Crippen molar-refractivity contribution in [1.82, 2.24) is 4.98 Å². The lowest BCUT2D eigenvalue weighted by Crippen LogP contribution is -2.11. The Balaban J connectivity index is 3.02. The molecule has 0 atom stereocenters. The Hall–Kier alpha value is -1.29. The number of hydrogen-bond acceptors (Lipinski definition) is 1.